The smallest absolute Gasteiger partial charge is 0.323 e. The monoisotopic (exact) mass is 1390 g/mol. The summed E-state index contributed by atoms with van der Waals surface area (Å²) in [5.74, 6) is -4.35. The summed E-state index contributed by atoms with van der Waals surface area (Å²) in [6.45, 7) is 7.12. The van der Waals surface area contributed by atoms with Crippen molar-refractivity contribution in [2.75, 3.05) is 0 Å². The van der Waals surface area contributed by atoms with E-state index in [1.165, 1.54) is 54.6 Å². The van der Waals surface area contributed by atoms with Crippen LogP contribution in [0.25, 0.3) is 54.5 Å². The van der Waals surface area contributed by atoms with Crippen LogP contribution in [0.2, 0.25) is 0 Å². The van der Waals surface area contributed by atoms with E-state index in [0.717, 1.165) is 160 Å². The molecule has 14 rings (SSSR count). The molecular formula is C79H80F5N9O9. The number of carbonyl (C=O) groups excluding carboxylic acids is 3. The number of urea groups is 1. The Bertz CT molecular complexity index is 5030. The van der Waals surface area contributed by atoms with Gasteiger partial charge in [0.1, 0.15) is 54.4 Å². The van der Waals surface area contributed by atoms with Gasteiger partial charge in [0, 0.05) is 108 Å². The predicted molar refractivity (Wildman–Crippen MR) is 379 cm³/mol. The number of H-pyrrole nitrogens is 1. The standard InChI is InChI=1S/C27H26FN3O3.C26H25F2N3O3.C26H29F2N3O3/c1-16-26(22-14-18(28)9-12-24(22)31(16)15-25(32)33)17-7-10-19(11-8-17)30-27(34)21-4-2-6-23-20(21)5-3-13-29-23;1-14-25(20-12-18(28)5-9-23(20)31(14)13-24(32)33)15-2-6-19(7-3-15)29-26(34)22-11-16-10-17(27)4-8-21(16)30-22;1-15-3-4-18(22(28)11-15)13-29-26(34)30-20-8-5-17(6-9-20)25-16(2)31(14-24(32)33)23-10-7-19(27)12-21(23)25/h2-6,9,12-14,17,19H,7-8,10-11,15H2,1H3,(H,30,34)(H,32,33);4-5,8-12,15,19,30H,2-3,6-7,13H2,1H3,(H,29,34)(H,32,33);3-4,7,10-12,17,20H,5-6,8-9,13-14H2,1-2H3,(H,32,33)(H2,29,30,34). The van der Waals surface area contributed by atoms with E-state index in [-0.39, 0.29) is 109 Å². The zero-order valence-electron chi connectivity index (χ0n) is 56.9. The highest BCUT2D eigenvalue weighted by Gasteiger charge is 2.33. The topological polar surface area (TPSA) is 255 Å². The number of aromatic amines is 1. The van der Waals surface area contributed by atoms with Crippen LogP contribution in [0.3, 0.4) is 0 Å². The average molecular weight is 1390 g/mol. The average Bonchev–Trinajstić information content (AvgIpc) is 1.62. The largest absolute Gasteiger partial charge is 0.480 e. The summed E-state index contributed by atoms with van der Waals surface area (Å²) in [6, 6.07) is 33.4. The number of nitrogens with one attached hydrogen (secondary N) is 5. The number of fused-ring (bicyclic) bond motifs is 5. The van der Waals surface area contributed by atoms with Crippen LogP contribution in [-0.2, 0) is 40.6 Å². The number of amides is 4. The van der Waals surface area contributed by atoms with Crippen molar-refractivity contribution in [3.05, 3.63) is 219 Å². The molecule has 530 valence electrons. The molecule has 4 amide bonds. The van der Waals surface area contributed by atoms with Gasteiger partial charge in [0.2, 0.25) is 0 Å². The molecule has 18 nitrogen and oxygen atoms in total. The number of pyridine rings is 1. The normalized spacial score (nSPS) is 18.3. The minimum absolute atomic E-state index is 0.00342. The number of aryl methyl sites for hydroxylation is 1. The van der Waals surface area contributed by atoms with E-state index in [2.05, 4.69) is 31.2 Å². The quantitative estimate of drug-likeness (QED) is 0.0425. The van der Waals surface area contributed by atoms with E-state index in [0.29, 0.717) is 27.7 Å². The molecule has 0 aliphatic heterocycles. The molecule has 3 saturated carbocycles. The first kappa shape index (κ1) is 71.0. The fourth-order valence-corrected chi connectivity index (χ4v) is 15.8. The lowest BCUT2D eigenvalue weighted by molar-refractivity contribution is -0.138. The summed E-state index contributed by atoms with van der Waals surface area (Å²) in [4.78, 5) is 79.7. The van der Waals surface area contributed by atoms with Crippen molar-refractivity contribution >= 4 is 90.3 Å². The third-order valence-corrected chi connectivity index (χ3v) is 20.7. The molecule has 5 aromatic heterocycles. The van der Waals surface area contributed by atoms with Crippen molar-refractivity contribution in [2.24, 2.45) is 0 Å². The lowest BCUT2D eigenvalue weighted by atomic mass is 9.80. The SMILES string of the molecule is Cc1c(C2CCC(NC(=O)c3cc4cc(F)ccc4[nH]3)CC2)c2cc(F)ccc2n1CC(=O)O.Cc1c(C2CCC(NC(=O)c3cccc4ncccc34)CC2)c2cc(F)ccc2n1CC(=O)O.Cc1ccc(CNC(=O)NC2CCC(c3c(C)n(CC(=O)O)c4ccc(F)cc34)CC2)c(F)c1. The maximum Gasteiger partial charge on any atom is 0.323 e. The fourth-order valence-electron chi connectivity index (χ4n) is 15.8. The minimum Gasteiger partial charge on any atom is -0.480 e. The van der Waals surface area contributed by atoms with Crippen LogP contribution in [-0.4, -0.2) is 92.9 Å². The van der Waals surface area contributed by atoms with Crippen molar-refractivity contribution < 1.29 is 66.0 Å². The minimum atomic E-state index is -0.944. The van der Waals surface area contributed by atoms with Gasteiger partial charge in [-0.15, -0.1) is 0 Å². The van der Waals surface area contributed by atoms with Crippen LogP contribution >= 0.6 is 0 Å². The molecule has 0 saturated heterocycles. The summed E-state index contributed by atoms with van der Waals surface area (Å²) < 4.78 is 74.8. The first-order chi connectivity index (χ1) is 48.9. The van der Waals surface area contributed by atoms with Gasteiger partial charge in [-0.25, -0.2) is 26.7 Å². The molecule has 0 radical (unpaired) electrons. The van der Waals surface area contributed by atoms with Crippen LogP contribution in [0.1, 0.15) is 161 Å². The molecule has 0 unspecified atom stereocenters. The number of aromatic nitrogens is 5. The molecule has 0 bridgehead atoms. The second kappa shape index (κ2) is 30.6. The van der Waals surface area contributed by atoms with E-state index in [9.17, 15) is 66.0 Å². The lowest BCUT2D eigenvalue weighted by Crippen LogP contribution is -2.43. The van der Waals surface area contributed by atoms with Gasteiger partial charge in [0.05, 0.1) is 5.52 Å². The number of carboxylic acid groups (broad SMARTS) is 3. The van der Waals surface area contributed by atoms with Crippen LogP contribution in [0, 0.1) is 56.8 Å². The zero-order chi connectivity index (χ0) is 72.2. The second-order valence-corrected chi connectivity index (χ2v) is 27.2. The summed E-state index contributed by atoms with van der Waals surface area (Å²) in [5.41, 5.74) is 11.6. The molecule has 3 aliphatic carbocycles. The molecular weight excluding hydrogens is 1310 g/mol. The molecule has 3 fully saturated rings. The highest BCUT2D eigenvalue weighted by molar-refractivity contribution is 6.06. The molecule has 3 aliphatic rings. The second-order valence-electron chi connectivity index (χ2n) is 27.2. The number of nitrogens with zero attached hydrogens (tertiary/aromatic N) is 4. The Balaban J connectivity index is 0.000000144. The number of hydrogen-bond acceptors (Lipinski definition) is 7. The van der Waals surface area contributed by atoms with Gasteiger partial charge in [-0.05, 0) is 248 Å². The third kappa shape index (κ3) is 15.7. The third-order valence-electron chi connectivity index (χ3n) is 20.7. The summed E-state index contributed by atoms with van der Waals surface area (Å²) in [7, 11) is 0. The molecule has 6 aromatic carbocycles. The van der Waals surface area contributed by atoms with Crippen molar-refractivity contribution in [1.29, 1.82) is 0 Å². The highest BCUT2D eigenvalue weighted by Crippen LogP contribution is 2.44. The Hall–Kier alpha value is -10.8. The number of rotatable bonds is 16. The Morgan fingerprint density at radius 3 is 1.37 bits per heavy atom. The zero-order valence-corrected chi connectivity index (χ0v) is 56.9. The Kier molecular flexibility index (Phi) is 21.3. The van der Waals surface area contributed by atoms with Crippen LogP contribution < -0.4 is 21.3 Å². The van der Waals surface area contributed by atoms with Gasteiger partial charge in [-0.1, -0.05) is 24.3 Å². The number of halogens is 5. The molecule has 0 atom stereocenters. The van der Waals surface area contributed by atoms with E-state index in [4.69, 9.17) is 0 Å². The van der Waals surface area contributed by atoms with E-state index in [1.54, 1.807) is 62.4 Å². The van der Waals surface area contributed by atoms with Gasteiger partial charge in [0.15, 0.2) is 0 Å². The first-order valence-corrected chi connectivity index (χ1v) is 34.5. The van der Waals surface area contributed by atoms with E-state index < -0.39 is 17.9 Å². The Labute approximate surface area is 584 Å². The van der Waals surface area contributed by atoms with Gasteiger partial charge >= 0.3 is 23.9 Å². The van der Waals surface area contributed by atoms with Gasteiger partial charge in [0.25, 0.3) is 11.8 Å². The number of carbonyl (C=O) groups is 6. The van der Waals surface area contributed by atoms with Crippen LogP contribution in [0.4, 0.5) is 26.7 Å². The van der Waals surface area contributed by atoms with Crippen LogP contribution in [0.15, 0.2) is 134 Å². The fraction of sp³-hybridized carbons (Fsp3) is 0.329. The van der Waals surface area contributed by atoms with Crippen molar-refractivity contribution in [3.63, 3.8) is 0 Å². The number of carboxylic acids is 3. The lowest BCUT2D eigenvalue weighted by Gasteiger charge is -2.30. The maximum atomic E-state index is 14.1. The molecule has 0 spiro atoms. The Morgan fingerprint density at radius 2 is 0.912 bits per heavy atom. The summed E-state index contributed by atoms with van der Waals surface area (Å²) in [5, 5.41) is 43.8. The van der Waals surface area contributed by atoms with Crippen molar-refractivity contribution in [3.8, 4) is 0 Å². The predicted octanol–water partition coefficient (Wildman–Crippen LogP) is 15.6. The number of benzene rings is 6. The molecule has 102 heavy (non-hydrogen) atoms. The molecule has 23 heteroatoms. The van der Waals surface area contributed by atoms with Gasteiger partial charge in [-0.2, -0.15) is 0 Å². The van der Waals surface area contributed by atoms with E-state index in [1.807, 2.05) is 58.0 Å². The van der Waals surface area contributed by atoms with Crippen molar-refractivity contribution in [2.45, 2.75) is 167 Å². The Morgan fingerprint density at radius 1 is 0.471 bits per heavy atom. The number of hydrogen-bond donors (Lipinski definition) is 8. The van der Waals surface area contributed by atoms with Gasteiger partial charge < -0.3 is 55.3 Å². The first-order valence-electron chi connectivity index (χ1n) is 34.5. The number of aliphatic carboxylic acids is 3. The molecule has 11 aromatic rings. The summed E-state index contributed by atoms with van der Waals surface area (Å²) in [6.07, 6.45) is 11.2. The highest BCUT2D eigenvalue weighted by atomic mass is 19.1. The van der Waals surface area contributed by atoms with Crippen molar-refractivity contribution in [1.82, 2.24) is 44.9 Å². The molecule has 8 N–H and O–H groups in total. The van der Waals surface area contributed by atoms with Crippen LogP contribution in [0.5, 0.6) is 0 Å². The molecule has 5 heterocycles. The van der Waals surface area contributed by atoms with Gasteiger partial charge in [-0.3, -0.25) is 29.0 Å². The maximum absolute atomic E-state index is 14.1. The van der Waals surface area contributed by atoms with E-state index >= 15 is 0 Å². The summed E-state index contributed by atoms with van der Waals surface area (Å²) >= 11 is 0.